The fourth-order valence-electron chi connectivity index (χ4n) is 1.97. The molecule has 0 amide bonds. The van der Waals surface area contributed by atoms with E-state index in [9.17, 15) is 0 Å². The number of nitrogens with one attached hydrogen (secondary N) is 1. The first kappa shape index (κ1) is 16.3. The maximum atomic E-state index is 8.90. The van der Waals surface area contributed by atoms with Gasteiger partial charge in [0.25, 0.3) is 0 Å². The molecule has 0 heterocycles. The van der Waals surface area contributed by atoms with E-state index < -0.39 is 0 Å². The lowest BCUT2D eigenvalue weighted by atomic mass is 10.0. The standard InChI is InChI=1S/C15H25NO2S/c1-4-7-16-14(11-19-9-8-17)13-10-12(2)5-6-15(13)18-3/h5-6,10,14,16-17H,4,7-9,11H2,1-3H3. The smallest absolute Gasteiger partial charge is 0.123 e. The summed E-state index contributed by atoms with van der Waals surface area (Å²) in [5, 5.41) is 12.5. The normalized spacial score (nSPS) is 12.4. The summed E-state index contributed by atoms with van der Waals surface area (Å²) in [7, 11) is 1.71. The van der Waals surface area contributed by atoms with E-state index in [1.807, 2.05) is 6.07 Å². The van der Waals surface area contributed by atoms with Gasteiger partial charge in [-0.15, -0.1) is 0 Å². The van der Waals surface area contributed by atoms with Crippen molar-refractivity contribution >= 4 is 11.8 Å². The van der Waals surface area contributed by atoms with E-state index in [1.54, 1.807) is 18.9 Å². The number of aliphatic hydroxyl groups excluding tert-OH is 1. The fraction of sp³-hybridized carbons (Fsp3) is 0.600. The molecule has 0 bridgehead atoms. The predicted molar refractivity (Wildman–Crippen MR) is 83.2 cm³/mol. The summed E-state index contributed by atoms with van der Waals surface area (Å²) >= 11 is 1.76. The second kappa shape index (κ2) is 9.23. The van der Waals surface area contributed by atoms with Crippen molar-refractivity contribution in [3.63, 3.8) is 0 Å². The van der Waals surface area contributed by atoms with E-state index in [-0.39, 0.29) is 12.6 Å². The molecular weight excluding hydrogens is 258 g/mol. The molecule has 19 heavy (non-hydrogen) atoms. The van der Waals surface area contributed by atoms with Crippen molar-refractivity contribution in [3.8, 4) is 5.75 Å². The third-order valence-electron chi connectivity index (χ3n) is 2.92. The summed E-state index contributed by atoms with van der Waals surface area (Å²) in [6.07, 6.45) is 1.11. The molecule has 0 aliphatic heterocycles. The van der Waals surface area contributed by atoms with Crippen LogP contribution in [0.15, 0.2) is 18.2 Å². The van der Waals surface area contributed by atoms with Gasteiger partial charge in [0.1, 0.15) is 5.75 Å². The van der Waals surface area contributed by atoms with Gasteiger partial charge in [0.2, 0.25) is 0 Å². The van der Waals surface area contributed by atoms with Crippen molar-refractivity contribution in [2.24, 2.45) is 0 Å². The largest absolute Gasteiger partial charge is 0.496 e. The lowest BCUT2D eigenvalue weighted by molar-refractivity contribution is 0.322. The highest BCUT2D eigenvalue weighted by Gasteiger charge is 2.15. The van der Waals surface area contributed by atoms with E-state index >= 15 is 0 Å². The Morgan fingerprint density at radius 1 is 1.42 bits per heavy atom. The Kier molecular flexibility index (Phi) is 7.94. The minimum atomic E-state index is 0.232. The van der Waals surface area contributed by atoms with Crippen LogP contribution in [0, 0.1) is 6.92 Å². The molecule has 1 aromatic carbocycles. The molecule has 0 spiro atoms. The van der Waals surface area contributed by atoms with Gasteiger partial charge in [-0.1, -0.05) is 24.6 Å². The second-order valence-electron chi connectivity index (χ2n) is 4.55. The molecule has 0 fully saturated rings. The average Bonchev–Trinajstić information content (AvgIpc) is 2.42. The van der Waals surface area contributed by atoms with E-state index in [0.717, 1.165) is 30.2 Å². The lowest BCUT2D eigenvalue weighted by Crippen LogP contribution is -2.25. The average molecular weight is 283 g/mol. The Morgan fingerprint density at radius 3 is 2.84 bits per heavy atom. The van der Waals surface area contributed by atoms with Crippen molar-refractivity contribution in [3.05, 3.63) is 29.3 Å². The number of ether oxygens (including phenoxy) is 1. The number of hydrogen-bond acceptors (Lipinski definition) is 4. The van der Waals surface area contributed by atoms with Crippen LogP contribution in [-0.4, -0.2) is 36.9 Å². The number of hydrogen-bond donors (Lipinski definition) is 2. The molecule has 3 nitrogen and oxygen atoms in total. The van der Waals surface area contributed by atoms with Gasteiger partial charge in [-0.25, -0.2) is 0 Å². The number of thioether (sulfide) groups is 1. The van der Waals surface area contributed by atoms with E-state index in [4.69, 9.17) is 9.84 Å². The van der Waals surface area contributed by atoms with Crippen LogP contribution in [0.3, 0.4) is 0 Å². The maximum Gasteiger partial charge on any atom is 0.123 e. The molecule has 0 aliphatic carbocycles. The van der Waals surface area contributed by atoms with Gasteiger partial charge in [0.15, 0.2) is 0 Å². The molecule has 0 saturated carbocycles. The predicted octanol–water partition coefficient (Wildman–Crippen LogP) is 2.77. The van der Waals surface area contributed by atoms with Crippen LogP contribution >= 0.6 is 11.8 Å². The Hall–Kier alpha value is -0.710. The molecule has 108 valence electrons. The number of rotatable bonds is 9. The van der Waals surface area contributed by atoms with Gasteiger partial charge in [0, 0.05) is 23.1 Å². The van der Waals surface area contributed by atoms with Crippen LogP contribution in [0.5, 0.6) is 5.75 Å². The fourth-order valence-corrected chi connectivity index (χ4v) is 2.80. The van der Waals surface area contributed by atoms with Crippen LogP contribution in [0.4, 0.5) is 0 Å². The number of aliphatic hydroxyl groups is 1. The SMILES string of the molecule is CCCNC(CSCCO)c1cc(C)ccc1OC. The van der Waals surface area contributed by atoms with Crippen molar-refractivity contribution in [2.75, 3.05) is 31.8 Å². The topological polar surface area (TPSA) is 41.5 Å². The first-order chi connectivity index (χ1) is 9.22. The summed E-state index contributed by atoms with van der Waals surface area (Å²) in [6.45, 7) is 5.48. The molecule has 0 radical (unpaired) electrons. The summed E-state index contributed by atoms with van der Waals surface area (Å²) in [5.74, 6) is 2.66. The quantitative estimate of drug-likeness (QED) is 0.684. The van der Waals surface area contributed by atoms with Gasteiger partial charge in [-0.05, 0) is 26.0 Å². The Morgan fingerprint density at radius 2 is 2.21 bits per heavy atom. The van der Waals surface area contributed by atoms with Crippen molar-refractivity contribution in [1.82, 2.24) is 5.32 Å². The molecule has 0 aliphatic rings. The molecule has 4 heteroatoms. The number of methoxy groups -OCH3 is 1. The number of benzene rings is 1. The minimum absolute atomic E-state index is 0.232. The third-order valence-corrected chi connectivity index (χ3v) is 3.96. The Balaban J connectivity index is 2.84. The molecule has 1 rings (SSSR count). The zero-order chi connectivity index (χ0) is 14.1. The summed E-state index contributed by atoms with van der Waals surface area (Å²) in [5.41, 5.74) is 2.45. The van der Waals surface area contributed by atoms with Crippen LogP contribution in [0.2, 0.25) is 0 Å². The van der Waals surface area contributed by atoms with Crippen LogP contribution in [-0.2, 0) is 0 Å². The first-order valence-corrected chi connectivity index (χ1v) is 7.94. The molecule has 0 saturated heterocycles. The van der Waals surface area contributed by atoms with Gasteiger partial charge in [0.05, 0.1) is 13.7 Å². The zero-order valence-corrected chi connectivity index (χ0v) is 12.9. The summed E-state index contributed by atoms with van der Waals surface area (Å²) in [6, 6.07) is 6.56. The van der Waals surface area contributed by atoms with Gasteiger partial charge in [-0.3, -0.25) is 0 Å². The van der Waals surface area contributed by atoms with Crippen LogP contribution in [0.25, 0.3) is 0 Å². The lowest BCUT2D eigenvalue weighted by Gasteiger charge is -2.21. The van der Waals surface area contributed by atoms with Crippen LogP contribution in [0.1, 0.15) is 30.5 Å². The molecule has 1 atom stereocenters. The monoisotopic (exact) mass is 283 g/mol. The highest BCUT2D eigenvalue weighted by Crippen LogP contribution is 2.28. The Labute approximate surface area is 120 Å². The van der Waals surface area contributed by atoms with E-state index in [2.05, 4.69) is 31.3 Å². The highest BCUT2D eigenvalue weighted by atomic mass is 32.2. The van der Waals surface area contributed by atoms with Gasteiger partial charge >= 0.3 is 0 Å². The zero-order valence-electron chi connectivity index (χ0n) is 12.1. The minimum Gasteiger partial charge on any atom is -0.496 e. The summed E-state index contributed by atoms with van der Waals surface area (Å²) in [4.78, 5) is 0. The van der Waals surface area contributed by atoms with Crippen LogP contribution < -0.4 is 10.1 Å². The van der Waals surface area contributed by atoms with Crippen molar-refractivity contribution in [2.45, 2.75) is 26.3 Å². The van der Waals surface area contributed by atoms with E-state index in [0.29, 0.717) is 0 Å². The maximum absolute atomic E-state index is 8.90. The first-order valence-electron chi connectivity index (χ1n) is 6.79. The number of aryl methyl sites for hydroxylation is 1. The third kappa shape index (κ3) is 5.43. The molecule has 0 aromatic heterocycles. The van der Waals surface area contributed by atoms with Crippen molar-refractivity contribution < 1.29 is 9.84 Å². The van der Waals surface area contributed by atoms with Gasteiger partial charge < -0.3 is 15.2 Å². The second-order valence-corrected chi connectivity index (χ2v) is 5.70. The Bertz CT molecular complexity index is 371. The van der Waals surface area contributed by atoms with Crippen molar-refractivity contribution in [1.29, 1.82) is 0 Å². The highest BCUT2D eigenvalue weighted by molar-refractivity contribution is 7.99. The summed E-state index contributed by atoms with van der Waals surface area (Å²) < 4.78 is 5.47. The molecule has 1 aromatic rings. The molecule has 2 N–H and O–H groups in total. The molecule has 1 unspecified atom stereocenters. The molecular formula is C15H25NO2S. The van der Waals surface area contributed by atoms with E-state index in [1.165, 1.54) is 11.1 Å². The van der Waals surface area contributed by atoms with Gasteiger partial charge in [-0.2, -0.15) is 11.8 Å².